The Morgan fingerprint density at radius 3 is 2.46 bits per heavy atom. The van der Waals surface area contributed by atoms with Crippen LogP contribution in [0.15, 0.2) is 53.4 Å². The fraction of sp³-hybridized carbons (Fsp3) is 0.278. The van der Waals surface area contributed by atoms with Gasteiger partial charge in [-0.15, -0.1) is 11.6 Å². The highest BCUT2D eigenvalue weighted by atomic mass is 35.5. The summed E-state index contributed by atoms with van der Waals surface area (Å²) in [4.78, 5) is 22.7. The maximum absolute atomic E-state index is 12.7. The number of nitrogens with one attached hydrogen (secondary N) is 1. The van der Waals surface area contributed by atoms with Crippen molar-refractivity contribution in [2.75, 3.05) is 6.61 Å². The van der Waals surface area contributed by atoms with Crippen molar-refractivity contribution in [3.63, 3.8) is 0 Å². The molecule has 0 fully saturated rings. The number of hydrogen-bond acceptors (Lipinski definition) is 6. The summed E-state index contributed by atoms with van der Waals surface area (Å²) in [7, 11) is -4.09. The molecule has 0 aromatic heterocycles. The maximum Gasteiger partial charge on any atom is 0.326 e. The average Bonchev–Trinajstić information content (AvgIpc) is 2.66. The lowest BCUT2D eigenvalue weighted by Gasteiger charge is -2.22. The number of benzene rings is 2. The minimum Gasteiger partial charge on any atom is -0.465 e. The van der Waals surface area contributed by atoms with Crippen LogP contribution in [0.4, 0.5) is 5.69 Å². The molecule has 0 unspecified atom stereocenters. The standard InChI is InChI=1S/C18H19ClN2O6S/c1-3-27-18(22)17(16(19)13-5-4-6-14(11-13)21(23)24)20-28(25,26)15-9-7-12(2)8-10-15/h4-11,16-17,20H,3H2,1-2H3/t16-,17-/m1/s1. The SMILES string of the molecule is CCOC(=O)[C@H](NS(=O)(=O)c1ccc(C)cc1)[C@H](Cl)c1cccc([N+](=O)[O-])c1. The van der Waals surface area contributed by atoms with Gasteiger partial charge in [0.2, 0.25) is 10.0 Å². The van der Waals surface area contributed by atoms with Crippen LogP contribution in [-0.4, -0.2) is 32.0 Å². The van der Waals surface area contributed by atoms with Crippen LogP contribution in [0.25, 0.3) is 0 Å². The highest BCUT2D eigenvalue weighted by molar-refractivity contribution is 7.89. The van der Waals surface area contributed by atoms with E-state index < -0.39 is 32.3 Å². The lowest BCUT2D eigenvalue weighted by molar-refractivity contribution is -0.384. The van der Waals surface area contributed by atoms with Gasteiger partial charge in [-0.3, -0.25) is 14.9 Å². The first-order chi connectivity index (χ1) is 13.2. The molecule has 0 saturated heterocycles. The molecule has 2 rings (SSSR count). The minimum absolute atomic E-state index is 0.0140. The van der Waals surface area contributed by atoms with Gasteiger partial charge in [0.1, 0.15) is 6.04 Å². The summed E-state index contributed by atoms with van der Waals surface area (Å²) in [5.74, 6) is -0.885. The third-order valence-corrected chi connectivity index (χ3v) is 5.81. The number of non-ortho nitro benzene ring substituents is 1. The molecule has 10 heteroatoms. The summed E-state index contributed by atoms with van der Waals surface area (Å²) in [6.45, 7) is 3.39. The summed E-state index contributed by atoms with van der Waals surface area (Å²) in [6, 6.07) is 9.88. The van der Waals surface area contributed by atoms with Crippen LogP contribution >= 0.6 is 11.6 Å². The van der Waals surface area contributed by atoms with Crippen LogP contribution in [0, 0.1) is 17.0 Å². The predicted molar refractivity (Wildman–Crippen MR) is 104 cm³/mol. The number of halogens is 1. The van der Waals surface area contributed by atoms with E-state index in [-0.39, 0.29) is 22.8 Å². The van der Waals surface area contributed by atoms with Gasteiger partial charge < -0.3 is 4.74 Å². The number of carbonyl (C=O) groups is 1. The molecule has 150 valence electrons. The van der Waals surface area contributed by atoms with Gasteiger partial charge in [-0.2, -0.15) is 4.72 Å². The number of alkyl halides is 1. The molecule has 0 radical (unpaired) electrons. The first-order valence-corrected chi connectivity index (χ1v) is 10.2. The van der Waals surface area contributed by atoms with Gasteiger partial charge in [-0.25, -0.2) is 8.42 Å². The third kappa shape index (κ3) is 5.28. The van der Waals surface area contributed by atoms with Crippen LogP contribution in [0.2, 0.25) is 0 Å². The van der Waals surface area contributed by atoms with Crippen molar-refractivity contribution in [1.82, 2.24) is 4.72 Å². The number of esters is 1. The molecule has 2 aromatic rings. The summed E-state index contributed by atoms with van der Waals surface area (Å²) in [5, 5.41) is 9.76. The van der Waals surface area contributed by atoms with E-state index in [0.717, 1.165) is 5.56 Å². The number of nitro benzene ring substituents is 1. The molecule has 0 heterocycles. The molecular weight excluding hydrogens is 408 g/mol. The normalized spacial score (nSPS) is 13.5. The van der Waals surface area contributed by atoms with Crippen LogP contribution < -0.4 is 4.72 Å². The summed E-state index contributed by atoms with van der Waals surface area (Å²) in [6.07, 6.45) is 0. The van der Waals surface area contributed by atoms with Crippen molar-refractivity contribution in [1.29, 1.82) is 0 Å². The van der Waals surface area contributed by atoms with Gasteiger partial charge in [0.05, 0.1) is 21.8 Å². The largest absolute Gasteiger partial charge is 0.465 e. The molecule has 0 saturated carbocycles. The van der Waals surface area contributed by atoms with E-state index in [9.17, 15) is 23.3 Å². The molecule has 0 spiro atoms. The van der Waals surface area contributed by atoms with E-state index >= 15 is 0 Å². The molecule has 28 heavy (non-hydrogen) atoms. The molecule has 0 aliphatic heterocycles. The Morgan fingerprint density at radius 1 is 1.25 bits per heavy atom. The van der Waals surface area contributed by atoms with Crippen molar-refractivity contribution in [2.24, 2.45) is 0 Å². The van der Waals surface area contributed by atoms with Crippen molar-refractivity contribution < 1.29 is 22.9 Å². The number of rotatable bonds is 8. The van der Waals surface area contributed by atoms with Crippen LogP contribution in [-0.2, 0) is 19.6 Å². The summed E-state index contributed by atoms with van der Waals surface area (Å²) in [5.41, 5.74) is 0.848. The number of ether oxygens (including phenoxy) is 1. The Bertz CT molecular complexity index is 962. The van der Waals surface area contributed by atoms with Gasteiger partial charge in [-0.05, 0) is 31.5 Å². The fourth-order valence-corrected chi connectivity index (χ4v) is 3.99. The van der Waals surface area contributed by atoms with E-state index in [1.807, 2.05) is 6.92 Å². The lowest BCUT2D eigenvalue weighted by atomic mass is 10.1. The number of sulfonamides is 1. The number of hydrogen-bond donors (Lipinski definition) is 1. The fourth-order valence-electron chi connectivity index (χ4n) is 2.41. The molecule has 8 nitrogen and oxygen atoms in total. The van der Waals surface area contributed by atoms with Crippen molar-refractivity contribution in [3.05, 3.63) is 69.8 Å². The Hall–Kier alpha value is -2.49. The van der Waals surface area contributed by atoms with E-state index in [2.05, 4.69) is 4.72 Å². The van der Waals surface area contributed by atoms with Crippen molar-refractivity contribution in [2.45, 2.75) is 30.2 Å². The smallest absolute Gasteiger partial charge is 0.326 e. The topological polar surface area (TPSA) is 116 Å². The predicted octanol–water partition coefficient (Wildman–Crippen LogP) is 3.09. The number of aryl methyl sites for hydroxylation is 1. The first kappa shape index (κ1) is 21.8. The van der Waals surface area contributed by atoms with E-state index in [0.29, 0.717) is 0 Å². The van der Waals surface area contributed by atoms with Crippen LogP contribution in [0.3, 0.4) is 0 Å². The van der Waals surface area contributed by atoms with E-state index in [1.54, 1.807) is 19.1 Å². The monoisotopic (exact) mass is 426 g/mol. The molecular formula is C18H19ClN2O6S. The Morgan fingerprint density at radius 2 is 1.89 bits per heavy atom. The van der Waals surface area contributed by atoms with Gasteiger partial charge in [0, 0.05) is 12.1 Å². The Labute approximate surface area is 167 Å². The first-order valence-electron chi connectivity index (χ1n) is 8.29. The zero-order valence-corrected chi connectivity index (χ0v) is 16.7. The zero-order valence-electron chi connectivity index (χ0n) is 15.2. The Kier molecular flexibility index (Phi) is 7.11. The molecule has 2 atom stereocenters. The quantitative estimate of drug-likeness (QED) is 0.300. The number of nitro groups is 1. The highest BCUT2D eigenvalue weighted by Gasteiger charge is 2.34. The molecule has 1 N–H and O–H groups in total. The highest BCUT2D eigenvalue weighted by Crippen LogP contribution is 2.29. The van der Waals surface area contributed by atoms with Crippen LogP contribution in [0.5, 0.6) is 0 Å². The number of carbonyl (C=O) groups excluding carboxylic acids is 1. The molecule has 0 bridgehead atoms. The van der Waals surface area contributed by atoms with Crippen molar-refractivity contribution in [3.8, 4) is 0 Å². The summed E-state index contributed by atoms with van der Waals surface area (Å²) >= 11 is 6.35. The van der Waals surface area contributed by atoms with Gasteiger partial charge in [-0.1, -0.05) is 29.8 Å². The maximum atomic E-state index is 12.7. The van der Waals surface area contributed by atoms with Crippen LogP contribution in [0.1, 0.15) is 23.4 Å². The van der Waals surface area contributed by atoms with E-state index in [4.69, 9.17) is 16.3 Å². The second-order valence-corrected chi connectivity index (χ2v) is 8.10. The van der Waals surface area contributed by atoms with E-state index in [1.165, 1.54) is 36.4 Å². The second kappa shape index (κ2) is 9.13. The van der Waals surface area contributed by atoms with Gasteiger partial charge in [0.15, 0.2) is 0 Å². The van der Waals surface area contributed by atoms with Crippen molar-refractivity contribution >= 4 is 33.3 Å². The van der Waals surface area contributed by atoms with Gasteiger partial charge in [0.25, 0.3) is 5.69 Å². The summed E-state index contributed by atoms with van der Waals surface area (Å²) < 4.78 is 32.6. The third-order valence-electron chi connectivity index (χ3n) is 3.85. The molecule has 0 aliphatic rings. The number of nitrogens with zero attached hydrogens (tertiary/aromatic N) is 1. The second-order valence-electron chi connectivity index (χ2n) is 5.92. The Balaban J connectivity index is 2.39. The van der Waals surface area contributed by atoms with Gasteiger partial charge >= 0.3 is 5.97 Å². The average molecular weight is 427 g/mol. The lowest BCUT2D eigenvalue weighted by Crippen LogP contribution is -2.44. The molecule has 0 amide bonds. The molecule has 2 aromatic carbocycles. The zero-order chi connectivity index (χ0) is 20.9. The molecule has 0 aliphatic carbocycles. The minimum atomic E-state index is -4.09.